The number of rotatable bonds is 4. The quantitative estimate of drug-likeness (QED) is 0.729. The number of pyridine rings is 1. The minimum absolute atomic E-state index is 0.246. The molecule has 0 aromatic carbocycles. The van der Waals surface area contributed by atoms with Crippen molar-refractivity contribution in [2.24, 2.45) is 0 Å². The molecule has 1 rings (SSSR count). The zero-order valence-electron chi connectivity index (χ0n) is 6.94. The number of aliphatic hydroxyl groups excluding tert-OH is 2. The first-order valence-electron chi connectivity index (χ1n) is 3.86. The van der Waals surface area contributed by atoms with Gasteiger partial charge in [-0.05, 0) is 28.1 Å². The summed E-state index contributed by atoms with van der Waals surface area (Å²) < 4.78 is 0.903. The van der Waals surface area contributed by atoms with Crippen molar-refractivity contribution in [1.82, 2.24) is 4.98 Å². The second kappa shape index (κ2) is 5.16. The molecular formula is C8H11BrN2O2. The largest absolute Gasteiger partial charge is 0.394 e. The fraction of sp³-hybridized carbons (Fsp3) is 0.375. The summed E-state index contributed by atoms with van der Waals surface area (Å²) in [4.78, 5) is 4.03. The molecule has 0 fully saturated rings. The highest BCUT2D eigenvalue weighted by Crippen LogP contribution is 2.10. The van der Waals surface area contributed by atoms with Crippen LogP contribution in [0.4, 0.5) is 5.82 Å². The Balaban J connectivity index is 2.41. The molecule has 0 aliphatic rings. The first kappa shape index (κ1) is 10.4. The summed E-state index contributed by atoms with van der Waals surface area (Å²) in [6, 6.07) is 3.63. The molecule has 3 N–H and O–H groups in total. The van der Waals surface area contributed by atoms with Crippen molar-refractivity contribution < 1.29 is 10.2 Å². The maximum atomic E-state index is 9.02. The van der Waals surface area contributed by atoms with Crippen LogP contribution in [-0.4, -0.2) is 34.5 Å². The van der Waals surface area contributed by atoms with E-state index in [1.54, 1.807) is 12.3 Å². The monoisotopic (exact) mass is 246 g/mol. The van der Waals surface area contributed by atoms with E-state index in [0.29, 0.717) is 12.4 Å². The highest BCUT2D eigenvalue weighted by Gasteiger charge is 2.01. The summed E-state index contributed by atoms with van der Waals surface area (Å²) in [7, 11) is 0. The third-order valence-corrected chi connectivity index (χ3v) is 1.93. The van der Waals surface area contributed by atoms with Gasteiger partial charge in [-0.2, -0.15) is 0 Å². The van der Waals surface area contributed by atoms with Crippen LogP contribution in [0.15, 0.2) is 22.8 Å². The molecule has 1 heterocycles. The standard InChI is InChI=1S/C8H11BrN2O2/c9-6-1-2-8(10-3-6)11-4-7(13)5-12/h1-3,7,12-13H,4-5H2,(H,10,11). The van der Waals surface area contributed by atoms with Crippen LogP contribution >= 0.6 is 15.9 Å². The predicted molar refractivity (Wildman–Crippen MR) is 53.5 cm³/mol. The molecule has 1 atom stereocenters. The lowest BCUT2D eigenvalue weighted by atomic mass is 10.3. The van der Waals surface area contributed by atoms with Crippen LogP contribution in [0.3, 0.4) is 0 Å². The van der Waals surface area contributed by atoms with Crippen LogP contribution in [0.1, 0.15) is 0 Å². The van der Waals surface area contributed by atoms with Gasteiger partial charge in [0, 0.05) is 17.2 Å². The molecule has 72 valence electrons. The van der Waals surface area contributed by atoms with Crippen LogP contribution in [0.2, 0.25) is 0 Å². The Kier molecular flexibility index (Phi) is 4.14. The van der Waals surface area contributed by atoms with Crippen LogP contribution in [0.25, 0.3) is 0 Å². The lowest BCUT2D eigenvalue weighted by Gasteiger charge is -2.08. The minimum atomic E-state index is -0.745. The molecule has 0 spiro atoms. The van der Waals surface area contributed by atoms with E-state index >= 15 is 0 Å². The Morgan fingerprint density at radius 1 is 1.54 bits per heavy atom. The van der Waals surface area contributed by atoms with Crippen molar-refractivity contribution in [3.8, 4) is 0 Å². The molecule has 1 aromatic rings. The Morgan fingerprint density at radius 3 is 2.85 bits per heavy atom. The van der Waals surface area contributed by atoms with Gasteiger partial charge in [-0.3, -0.25) is 0 Å². The first-order valence-corrected chi connectivity index (χ1v) is 4.66. The van der Waals surface area contributed by atoms with Gasteiger partial charge in [0.1, 0.15) is 5.82 Å². The van der Waals surface area contributed by atoms with Crippen LogP contribution < -0.4 is 5.32 Å². The molecule has 4 nitrogen and oxygen atoms in total. The first-order chi connectivity index (χ1) is 6.22. The number of halogens is 1. The van der Waals surface area contributed by atoms with E-state index in [9.17, 15) is 0 Å². The highest BCUT2D eigenvalue weighted by molar-refractivity contribution is 9.10. The molecule has 1 unspecified atom stereocenters. The van der Waals surface area contributed by atoms with Gasteiger partial charge in [-0.1, -0.05) is 0 Å². The van der Waals surface area contributed by atoms with E-state index in [2.05, 4.69) is 26.2 Å². The number of hydrogen-bond acceptors (Lipinski definition) is 4. The second-order valence-corrected chi connectivity index (χ2v) is 3.49. The molecule has 0 saturated carbocycles. The maximum absolute atomic E-state index is 9.02. The molecule has 0 radical (unpaired) electrons. The molecule has 0 saturated heterocycles. The van der Waals surface area contributed by atoms with Crippen molar-refractivity contribution in [3.63, 3.8) is 0 Å². The summed E-state index contributed by atoms with van der Waals surface area (Å²) in [5.41, 5.74) is 0. The Hall–Kier alpha value is -0.650. The van der Waals surface area contributed by atoms with Gasteiger partial charge in [0.15, 0.2) is 0 Å². The predicted octanol–water partition coefficient (Wildman–Crippen LogP) is 0.609. The van der Waals surface area contributed by atoms with Crippen molar-refractivity contribution in [2.45, 2.75) is 6.10 Å². The van der Waals surface area contributed by atoms with Gasteiger partial charge in [0.2, 0.25) is 0 Å². The van der Waals surface area contributed by atoms with Gasteiger partial charge >= 0.3 is 0 Å². The molecule has 0 aliphatic carbocycles. The number of aromatic nitrogens is 1. The summed E-state index contributed by atoms with van der Waals surface area (Å²) in [6.07, 6.45) is 0.915. The Morgan fingerprint density at radius 2 is 2.31 bits per heavy atom. The molecule has 0 bridgehead atoms. The summed E-state index contributed by atoms with van der Waals surface area (Å²) in [5, 5.41) is 20.4. The third-order valence-electron chi connectivity index (χ3n) is 1.46. The van der Waals surface area contributed by atoms with Gasteiger partial charge in [-0.15, -0.1) is 0 Å². The Bertz CT molecular complexity index is 253. The highest BCUT2D eigenvalue weighted by atomic mass is 79.9. The zero-order valence-corrected chi connectivity index (χ0v) is 8.53. The smallest absolute Gasteiger partial charge is 0.126 e. The number of anilines is 1. The fourth-order valence-electron chi connectivity index (χ4n) is 0.767. The molecule has 1 aromatic heterocycles. The minimum Gasteiger partial charge on any atom is -0.394 e. The van der Waals surface area contributed by atoms with Crippen molar-refractivity contribution >= 4 is 21.7 Å². The lowest BCUT2D eigenvalue weighted by Crippen LogP contribution is -2.23. The van der Waals surface area contributed by atoms with Crippen molar-refractivity contribution in [1.29, 1.82) is 0 Å². The molecule has 13 heavy (non-hydrogen) atoms. The number of hydrogen-bond donors (Lipinski definition) is 3. The summed E-state index contributed by atoms with van der Waals surface area (Å²) >= 11 is 3.26. The van der Waals surface area contributed by atoms with E-state index in [-0.39, 0.29) is 6.61 Å². The van der Waals surface area contributed by atoms with Gasteiger partial charge < -0.3 is 15.5 Å². The van der Waals surface area contributed by atoms with E-state index in [1.165, 1.54) is 0 Å². The normalized spacial score (nSPS) is 12.5. The van der Waals surface area contributed by atoms with Crippen LogP contribution in [-0.2, 0) is 0 Å². The van der Waals surface area contributed by atoms with Gasteiger partial charge in [-0.25, -0.2) is 4.98 Å². The van der Waals surface area contributed by atoms with Crippen LogP contribution in [0.5, 0.6) is 0 Å². The summed E-state index contributed by atoms with van der Waals surface area (Å²) in [6.45, 7) is 0.0503. The van der Waals surface area contributed by atoms with Crippen molar-refractivity contribution in [2.75, 3.05) is 18.5 Å². The van der Waals surface area contributed by atoms with E-state index < -0.39 is 6.10 Å². The molecular weight excluding hydrogens is 236 g/mol. The summed E-state index contributed by atoms with van der Waals surface area (Å²) in [5.74, 6) is 0.677. The van der Waals surface area contributed by atoms with E-state index in [4.69, 9.17) is 10.2 Å². The topological polar surface area (TPSA) is 65.4 Å². The SMILES string of the molecule is OCC(O)CNc1ccc(Br)cn1. The van der Waals surface area contributed by atoms with E-state index in [0.717, 1.165) is 4.47 Å². The average Bonchev–Trinajstić information content (AvgIpc) is 2.16. The molecule has 5 heteroatoms. The van der Waals surface area contributed by atoms with Crippen molar-refractivity contribution in [3.05, 3.63) is 22.8 Å². The number of nitrogens with zero attached hydrogens (tertiary/aromatic N) is 1. The second-order valence-electron chi connectivity index (χ2n) is 2.58. The maximum Gasteiger partial charge on any atom is 0.126 e. The zero-order chi connectivity index (χ0) is 9.68. The van der Waals surface area contributed by atoms with E-state index in [1.807, 2.05) is 6.07 Å². The number of aliphatic hydroxyl groups is 2. The van der Waals surface area contributed by atoms with Gasteiger partial charge in [0.05, 0.1) is 12.7 Å². The third kappa shape index (κ3) is 3.71. The van der Waals surface area contributed by atoms with Crippen LogP contribution in [0, 0.1) is 0 Å². The lowest BCUT2D eigenvalue weighted by molar-refractivity contribution is 0.105. The Labute approximate surface area is 84.8 Å². The number of nitrogens with one attached hydrogen (secondary N) is 1. The van der Waals surface area contributed by atoms with Gasteiger partial charge in [0.25, 0.3) is 0 Å². The fourth-order valence-corrected chi connectivity index (χ4v) is 1.00. The molecule has 0 aliphatic heterocycles. The average molecular weight is 247 g/mol. The molecule has 0 amide bonds.